The number of aromatic nitrogens is 4. The highest BCUT2D eigenvalue weighted by Crippen LogP contribution is 2.07. The number of likely N-dealkylation sites (N-methyl/N-ethyl adjacent to an activating group) is 1. The number of carbonyl (C=O) groups is 1. The molecule has 1 N–H and O–H groups in total. The molecule has 2 aromatic rings. The molecule has 1 unspecified atom stereocenters. The molecule has 0 spiro atoms. The lowest BCUT2D eigenvalue weighted by atomic mass is 10.1. The maximum absolute atomic E-state index is 12.2. The average molecular weight is 259 g/mol. The Bertz CT molecular complexity index is 551. The number of carbonyl (C=O) groups excluding carboxylic acids is 1. The molecule has 0 fully saturated rings. The van der Waals surface area contributed by atoms with Gasteiger partial charge < -0.3 is 9.88 Å². The highest BCUT2D eigenvalue weighted by atomic mass is 16.2. The molecule has 1 atom stereocenters. The number of hydrogen-bond donors (Lipinski definition) is 1. The van der Waals surface area contributed by atoms with Crippen molar-refractivity contribution in [1.82, 2.24) is 24.8 Å². The number of aryl methyl sites for hydroxylation is 1. The number of nitrogens with one attached hydrogen (secondary N) is 1. The molecule has 100 valence electrons. The van der Waals surface area contributed by atoms with Crippen LogP contribution in [0.25, 0.3) is 0 Å². The summed E-state index contributed by atoms with van der Waals surface area (Å²) in [5.74, 6) is 0.246. The molecule has 19 heavy (non-hydrogen) atoms. The molecule has 2 rings (SSSR count). The Hall–Kier alpha value is -2.24. The van der Waals surface area contributed by atoms with Gasteiger partial charge in [-0.05, 0) is 13.8 Å². The summed E-state index contributed by atoms with van der Waals surface area (Å²) in [6, 6.07) is 0.0228. The lowest BCUT2D eigenvalue weighted by molar-refractivity contribution is 0.0731. The lowest BCUT2D eigenvalue weighted by Crippen LogP contribution is -2.37. The quantitative estimate of drug-likeness (QED) is 0.895. The van der Waals surface area contributed by atoms with Crippen LogP contribution in [0.4, 0.5) is 0 Å². The van der Waals surface area contributed by atoms with Crippen molar-refractivity contribution in [2.24, 2.45) is 0 Å². The number of imidazole rings is 1. The minimum Gasteiger partial charge on any atom is -0.338 e. The van der Waals surface area contributed by atoms with Crippen LogP contribution in [0.2, 0.25) is 0 Å². The number of rotatable bonds is 4. The molecule has 2 aromatic heterocycles. The van der Waals surface area contributed by atoms with E-state index in [-0.39, 0.29) is 11.9 Å². The minimum absolute atomic E-state index is 0.0228. The molecule has 0 saturated heterocycles. The van der Waals surface area contributed by atoms with Crippen LogP contribution in [0.15, 0.2) is 24.8 Å². The Balaban J connectivity index is 2.03. The Labute approximate surface area is 111 Å². The van der Waals surface area contributed by atoms with Crippen molar-refractivity contribution in [3.8, 4) is 0 Å². The molecular weight excluding hydrogens is 242 g/mol. The first-order valence-corrected chi connectivity index (χ1v) is 6.11. The fourth-order valence-corrected chi connectivity index (χ4v) is 1.76. The van der Waals surface area contributed by atoms with Gasteiger partial charge in [-0.1, -0.05) is 0 Å². The normalized spacial score (nSPS) is 12.2. The molecule has 0 radical (unpaired) electrons. The van der Waals surface area contributed by atoms with Gasteiger partial charge in [0.05, 0.1) is 5.69 Å². The van der Waals surface area contributed by atoms with Gasteiger partial charge in [0, 0.05) is 50.0 Å². The van der Waals surface area contributed by atoms with E-state index < -0.39 is 0 Å². The van der Waals surface area contributed by atoms with Gasteiger partial charge in [-0.2, -0.15) is 0 Å². The van der Waals surface area contributed by atoms with Gasteiger partial charge in [-0.3, -0.25) is 14.8 Å². The van der Waals surface area contributed by atoms with Crippen molar-refractivity contribution < 1.29 is 4.79 Å². The maximum atomic E-state index is 12.2. The predicted octanol–water partition coefficient (Wildman–Crippen LogP) is 1.21. The Morgan fingerprint density at radius 2 is 2.16 bits per heavy atom. The van der Waals surface area contributed by atoms with E-state index in [1.54, 1.807) is 36.7 Å². The third kappa shape index (κ3) is 3.15. The van der Waals surface area contributed by atoms with E-state index in [1.807, 2.05) is 13.8 Å². The molecule has 6 nitrogen and oxygen atoms in total. The standard InChI is InChI=1S/C13H17N5O/c1-9-7-16-12(17-9)13(19)18(3)10(2)6-11-8-14-4-5-15-11/h4-5,7-8,10H,6H2,1-3H3,(H,16,17). The van der Waals surface area contributed by atoms with Gasteiger partial charge in [0.15, 0.2) is 5.82 Å². The van der Waals surface area contributed by atoms with E-state index in [9.17, 15) is 4.79 Å². The van der Waals surface area contributed by atoms with E-state index in [2.05, 4.69) is 19.9 Å². The van der Waals surface area contributed by atoms with Crippen molar-refractivity contribution in [1.29, 1.82) is 0 Å². The summed E-state index contributed by atoms with van der Waals surface area (Å²) in [5, 5.41) is 0. The molecule has 0 aliphatic rings. The first-order valence-electron chi connectivity index (χ1n) is 6.11. The zero-order valence-electron chi connectivity index (χ0n) is 11.3. The molecule has 2 heterocycles. The van der Waals surface area contributed by atoms with E-state index in [0.29, 0.717) is 12.2 Å². The van der Waals surface area contributed by atoms with Crippen LogP contribution in [-0.2, 0) is 6.42 Å². The second-order valence-electron chi connectivity index (χ2n) is 4.58. The molecular formula is C13H17N5O. The highest BCUT2D eigenvalue weighted by Gasteiger charge is 2.20. The summed E-state index contributed by atoms with van der Waals surface area (Å²) < 4.78 is 0. The van der Waals surface area contributed by atoms with Gasteiger partial charge in [0.1, 0.15) is 0 Å². The SMILES string of the molecule is Cc1cnc(C(=O)N(C)C(C)Cc2cnccn2)[nH]1. The molecule has 0 saturated carbocycles. The Morgan fingerprint density at radius 3 is 2.74 bits per heavy atom. The summed E-state index contributed by atoms with van der Waals surface area (Å²) in [5.41, 5.74) is 1.74. The smallest absolute Gasteiger partial charge is 0.289 e. The van der Waals surface area contributed by atoms with Crippen molar-refractivity contribution in [3.05, 3.63) is 42.0 Å². The summed E-state index contributed by atoms with van der Waals surface area (Å²) in [4.78, 5) is 29.1. The number of amides is 1. The molecule has 1 amide bonds. The highest BCUT2D eigenvalue weighted by molar-refractivity contribution is 5.90. The fourth-order valence-electron chi connectivity index (χ4n) is 1.76. The molecule has 0 aromatic carbocycles. The second kappa shape index (κ2) is 5.60. The van der Waals surface area contributed by atoms with Crippen molar-refractivity contribution in [3.63, 3.8) is 0 Å². The van der Waals surface area contributed by atoms with Crippen LogP contribution in [0.1, 0.15) is 28.9 Å². The van der Waals surface area contributed by atoms with Gasteiger partial charge in [0.25, 0.3) is 5.91 Å². The minimum atomic E-state index is -0.121. The Kier molecular flexibility index (Phi) is 3.89. The van der Waals surface area contributed by atoms with Crippen LogP contribution in [0, 0.1) is 6.92 Å². The van der Waals surface area contributed by atoms with Crippen LogP contribution in [0.5, 0.6) is 0 Å². The summed E-state index contributed by atoms with van der Waals surface area (Å²) in [7, 11) is 1.77. The summed E-state index contributed by atoms with van der Waals surface area (Å²) in [6.07, 6.45) is 7.31. The molecule has 0 aliphatic carbocycles. The first kappa shape index (κ1) is 13.2. The zero-order chi connectivity index (χ0) is 13.8. The van der Waals surface area contributed by atoms with E-state index in [0.717, 1.165) is 11.4 Å². The molecule has 6 heteroatoms. The second-order valence-corrected chi connectivity index (χ2v) is 4.58. The average Bonchev–Trinajstić information content (AvgIpc) is 2.85. The van der Waals surface area contributed by atoms with Gasteiger partial charge >= 0.3 is 0 Å². The third-order valence-corrected chi connectivity index (χ3v) is 3.01. The first-order chi connectivity index (χ1) is 9.08. The van der Waals surface area contributed by atoms with Gasteiger partial charge in [-0.15, -0.1) is 0 Å². The predicted molar refractivity (Wildman–Crippen MR) is 70.6 cm³/mol. The Morgan fingerprint density at radius 1 is 1.37 bits per heavy atom. The number of aromatic amines is 1. The van der Waals surface area contributed by atoms with Crippen molar-refractivity contribution in [2.75, 3.05) is 7.05 Å². The van der Waals surface area contributed by atoms with Crippen LogP contribution in [0.3, 0.4) is 0 Å². The van der Waals surface area contributed by atoms with Gasteiger partial charge in [-0.25, -0.2) is 4.98 Å². The van der Waals surface area contributed by atoms with E-state index in [1.165, 1.54) is 0 Å². The number of nitrogens with zero attached hydrogens (tertiary/aromatic N) is 4. The number of hydrogen-bond acceptors (Lipinski definition) is 4. The van der Waals surface area contributed by atoms with E-state index in [4.69, 9.17) is 0 Å². The zero-order valence-corrected chi connectivity index (χ0v) is 11.3. The fraction of sp³-hybridized carbons (Fsp3) is 0.385. The van der Waals surface area contributed by atoms with E-state index >= 15 is 0 Å². The lowest BCUT2D eigenvalue weighted by Gasteiger charge is -2.23. The van der Waals surface area contributed by atoms with Crippen LogP contribution in [-0.4, -0.2) is 43.8 Å². The largest absolute Gasteiger partial charge is 0.338 e. The number of H-pyrrole nitrogens is 1. The topological polar surface area (TPSA) is 74.8 Å². The van der Waals surface area contributed by atoms with Crippen LogP contribution >= 0.6 is 0 Å². The molecule has 0 bridgehead atoms. The maximum Gasteiger partial charge on any atom is 0.289 e. The monoisotopic (exact) mass is 259 g/mol. The van der Waals surface area contributed by atoms with Crippen molar-refractivity contribution >= 4 is 5.91 Å². The molecule has 0 aliphatic heterocycles. The van der Waals surface area contributed by atoms with Crippen molar-refractivity contribution in [2.45, 2.75) is 26.3 Å². The third-order valence-electron chi connectivity index (χ3n) is 3.01. The summed E-state index contributed by atoms with van der Waals surface area (Å²) >= 11 is 0. The van der Waals surface area contributed by atoms with Gasteiger partial charge in [0.2, 0.25) is 0 Å². The van der Waals surface area contributed by atoms with Crippen LogP contribution < -0.4 is 0 Å². The summed E-state index contributed by atoms with van der Waals surface area (Å²) in [6.45, 7) is 3.84.